The molecule has 0 bridgehead atoms. The van der Waals surface area contributed by atoms with Crippen LogP contribution < -0.4 is 19.7 Å². The van der Waals surface area contributed by atoms with Crippen LogP contribution in [0.2, 0.25) is 0 Å². The van der Waals surface area contributed by atoms with Gasteiger partial charge in [0.2, 0.25) is 24.5 Å². The van der Waals surface area contributed by atoms with Crippen LogP contribution in [0.3, 0.4) is 0 Å². The Kier molecular flexibility index (Phi) is 4.66. The van der Waals surface area contributed by atoms with E-state index in [1.165, 1.54) is 4.90 Å². The molecule has 184 valence electrons. The quantitative estimate of drug-likeness (QED) is 0.558. The van der Waals surface area contributed by atoms with E-state index in [2.05, 4.69) is 5.32 Å². The number of carbonyl (C=O) groups is 3. The topological polar surface area (TPSA) is 88.2 Å². The molecule has 3 aromatic carbocycles. The van der Waals surface area contributed by atoms with Crippen LogP contribution in [0.5, 0.6) is 11.5 Å². The number of nitrogens with one attached hydrogen (secondary N) is 1. The van der Waals surface area contributed by atoms with Crippen LogP contribution in [-0.4, -0.2) is 35.5 Å². The van der Waals surface area contributed by atoms with Gasteiger partial charge in [0, 0.05) is 18.0 Å². The van der Waals surface area contributed by atoms with Gasteiger partial charge in [-0.2, -0.15) is 0 Å². The number of hydrogen-bond acceptors (Lipinski definition) is 6. The zero-order valence-corrected chi connectivity index (χ0v) is 20.0. The van der Waals surface area contributed by atoms with E-state index >= 15 is 0 Å². The van der Waals surface area contributed by atoms with E-state index in [1.807, 2.05) is 60.5 Å². The average Bonchev–Trinajstić information content (AvgIpc) is 3.58. The predicted molar refractivity (Wildman–Crippen MR) is 136 cm³/mol. The third kappa shape index (κ3) is 3.18. The number of fused-ring (bicyclic) bond motifs is 6. The number of nitrogens with zero attached hydrogens (tertiary/aromatic N) is 2. The minimum atomic E-state index is -0.864. The van der Waals surface area contributed by atoms with E-state index in [0.29, 0.717) is 22.9 Å². The molecule has 7 rings (SSSR count). The summed E-state index contributed by atoms with van der Waals surface area (Å²) in [5, 5.41) is 2.95. The molecular formula is C29H23N3O5. The number of anilines is 2. The van der Waals surface area contributed by atoms with Crippen molar-refractivity contribution >= 4 is 35.2 Å². The van der Waals surface area contributed by atoms with Crippen molar-refractivity contribution in [2.45, 2.75) is 19.0 Å². The number of carbonyl (C=O) groups excluding carboxylic acids is 3. The summed E-state index contributed by atoms with van der Waals surface area (Å²) in [6.07, 6.45) is 3.77. The highest BCUT2D eigenvalue weighted by Gasteiger charge is 2.64. The molecule has 4 atom stereocenters. The molecule has 0 unspecified atom stereocenters. The Morgan fingerprint density at radius 3 is 2.51 bits per heavy atom. The second kappa shape index (κ2) is 7.96. The molecule has 3 aromatic rings. The van der Waals surface area contributed by atoms with Crippen LogP contribution in [0.1, 0.15) is 22.7 Å². The molecule has 4 aliphatic rings. The fraction of sp³-hybridized carbons (Fsp3) is 0.207. The normalized spacial score (nSPS) is 24.7. The Balaban J connectivity index is 1.29. The largest absolute Gasteiger partial charge is 0.454 e. The highest BCUT2D eigenvalue weighted by molar-refractivity contribution is 6.24. The second-order valence-electron chi connectivity index (χ2n) is 9.74. The lowest BCUT2D eigenvalue weighted by molar-refractivity contribution is -0.128. The van der Waals surface area contributed by atoms with Crippen molar-refractivity contribution in [2.24, 2.45) is 11.8 Å². The molecule has 3 amide bonds. The van der Waals surface area contributed by atoms with Crippen LogP contribution in [0.15, 0.2) is 72.9 Å². The lowest BCUT2D eigenvalue weighted by Gasteiger charge is -2.35. The fourth-order valence-electron chi connectivity index (χ4n) is 6.00. The predicted octanol–water partition coefficient (Wildman–Crippen LogP) is 3.88. The molecule has 8 heteroatoms. The Labute approximate surface area is 213 Å². The maximum absolute atomic E-state index is 13.9. The number of aryl methyl sites for hydroxylation is 1. The highest BCUT2D eigenvalue weighted by Crippen LogP contribution is 2.53. The van der Waals surface area contributed by atoms with Crippen molar-refractivity contribution in [3.63, 3.8) is 0 Å². The minimum Gasteiger partial charge on any atom is -0.454 e. The van der Waals surface area contributed by atoms with Gasteiger partial charge >= 0.3 is 0 Å². The van der Waals surface area contributed by atoms with Crippen molar-refractivity contribution in [1.82, 2.24) is 4.90 Å². The van der Waals surface area contributed by atoms with E-state index < -0.39 is 23.9 Å². The summed E-state index contributed by atoms with van der Waals surface area (Å²) < 4.78 is 10.8. The van der Waals surface area contributed by atoms with Crippen LogP contribution in [-0.2, 0) is 14.4 Å². The third-order valence-corrected chi connectivity index (χ3v) is 7.66. The first kappa shape index (κ1) is 21.7. The molecule has 4 heterocycles. The smallest absolute Gasteiger partial charge is 0.247 e. The van der Waals surface area contributed by atoms with Crippen molar-refractivity contribution in [3.05, 3.63) is 89.6 Å². The summed E-state index contributed by atoms with van der Waals surface area (Å²) >= 11 is 0. The van der Waals surface area contributed by atoms with Crippen LogP contribution in [0.4, 0.5) is 11.4 Å². The lowest BCUT2D eigenvalue weighted by Crippen LogP contribution is -2.46. The number of amides is 3. The molecule has 4 aliphatic heterocycles. The van der Waals surface area contributed by atoms with Crippen molar-refractivity contribution < 1.29 is 23.9 Å². The standard InChI is InChI=1S/C29H23N3O5/c1-16-6-9-19(10-7-16)32-28(34)23-24(29(32)35)26(31-13-12-17-4-2-3-5-20(17)25(23)31)27(33)30-18-8-11-21-22(14-18)37-15-36-21/h2-14,23-26H,15H2,1H3,(H,30,33)/t23-,24+,25-,26-/m0/s1. The Bertz CT molecular complexity index is 1500. The average molecular weight is 494 g/mol. The Hall–Kier alpha value is -4.59. The van der Waals surface area contributed by atoms with Crippen molar-refractivity contribution in [3.8, 4) is 11.5 Å². The number of hydrogen-bond donors (Lipinski definition) is 1. The lowest BCUT2D eigenvalue weighted by atomic mass is 9.84. The number of rotatable bonds is 3. The second-order valence-corrected chi connectivity index (χ2v) is 9.74. The van der Waals surface area contributed by atoms with Gasteiger partial charge in [-0.3, -0.25) is 14.4 Å². The van der Waals surface area contributed by atoms with E-state index in [1.54, 1.807) is 30.3 Å². The van der Waals surface area contributed by atoms with Gasteiger partial charge < -0.3 is 19.7 Å². The maximum Gasteiger partial charge on any atom is 0.247 e. The molecule has 0 aliphatic carbocycles. The SMILES string of the molecule is Cc1ccc(N2C(=O)[C@@H]3[C@H](C2=O)[C@@H]2c4ccccc4C=CN2[C@@H]3C(=O)Nc2ccc3c(c2)OCO3)cc1. The Morgan fingerprint density at radius 1 is 0.919 bits per heavy atom. The van der Waals surface area contributed by atoms with Crippen molar-refractivity contribution in [1.29, 1.82) is 0 Å². The van der Waals surface area contributed by atoms with Gasteiger partial charge in [0.25, 0.3) is 0 Å². The molecular weight excluding hydrogens is 470 g/mol. The van der Waals surface area contributed by atoms with Crippen LogP contribution in [0, 0.1) is 18.8 Å². The van der Waals surface area contributed by atoms with Crippen molar-refractivity contribution in [2.75, 3.05) is 17.0 Å². The first-order chi connectivity index (χ1) is 18.0. The van der Waals surface area contributed by atoms with E-state index in [0.717, 1.165) is 16.7 Å². The molecule has 0 aromatic heterocycles. The fourth-order valence-corrected chi connectivity index (χ4v) is 6.00. The zero-order valence-electron chi connectivity index (χ0n) is 20.0. The van der Waals surface area contributed by atoms with Gasteiger partial charge in [-0.05, 0) is 48.4 Å². The molecule has 2 fully saturated rings. The summed E-state index contributed by atoms with van der Waals surface area (Å²) in [5.74, 6) is -1.35. The molecule has 37 heavy (non-hydrogen) atoms. The Morgan fingerprint density at radius 2 is 1.68 bits per heavy atom. The highest BCUT2D eigenvalue weighted by atomic mass is 16.7. The number of imide groups is 1. The zero-order chi connectivity index (χ0) is 25.3. The number of benzene rings is 3. The van der Waals surface area contributed by atoms with E-state index in [9.17, 15) is 14.4 Å². The first-order valence-corrected chi connectivity index (χ1v) is 12.2. The van der Waals surface area contributed by atoms with Gasteiger partial charge in [0.05, 0.1) is 23.6 Å². The summed E-state index contributed by atoms with van der Waals surface area (Å²) in [6, 6.07) is 19.0. The van der Waals surface area contributed by atoms with Gasteiger partial charge in [-0.25, -0.2) is 4.90 Å². The monoisotopic (exact) mass is 493 g/mol. The van der Waals surface area contributed by atoms with Gasteiger partial charge in [-0.1, -0.05) is 42.0 Å². The van der Waals surface area contributed by atoms with E-state index in [-0.39, 0.29) is 24.5 Å². The molecule has 2 saturated heterocycles. The summed E-state index contributed by atoms with van der Waals surface area (Å²) in [6.45, 7) is 2.08. The van der Waals surface area contributed by atoms with Gasteiger partial charge in [0.15, 0.2) is 11.5 Å². The summed E-state index contributed by atoms with van der Waals surface area (Å²) in [7, 11) is 0. The van der Waals surface area contributed by atoms with E-state index in [4.69, 9.17) is 9.47 Å². The minimum absolute atomic E-state index is 0.129. The van der Waals surface area contributed by atoms with Gasteiger partial charge in [-0.15, -0.1) is 0 Å². The summed E-state index contributed by atoms with van der Waals surface area (Å²) in [4.78, 5) is 44.7. The molecule has 0 radical (unpaired) electrons. The molecule has 8 nitrogen and oxygen atoms in total. The molecule has 0 saturated carbocycles. The van der Waals surface area contributed by atoms with Crippen LogP contribution in [0.25, 0.3) is 6.08 Å². The van der Waals surface area contributed by atoms with Crippen LogP contribution >= 0.6 is 0 Å². The third-order valence-electron chi connectivity index (χ3n) is 7.66. The molecule has 1 N–H and O–H groups in total. The number of ether oxygens (including phenoxy) is 2. The maximum atomic E-state index is 13.9. The van der Waals surface area contributed by atoms with Gasteiger partial charge in [0.1, 0.15) is 6.04 Å². The first-order valence-electron chi connectivity index (χ1n) is 12.2. The summed E-state index contributed by atoms with van der Waals surface area (Å²) in [5.41, 5.74) is 4.00. The molecule has 0 spiro atoms.